The van der Waals surface area contributed by atoms with Crippen LogP contribution in [0.25, 0.3) is 11.4 Å². The zero-order valence-electron chi connectivity index (χ0n) is 28.0. The van der Waals surface area contributed by atoms with Gasteiger partial charge in [0.05, 0.1) is 41.7 Å². The normalized spacial score (nSPS) is 24.7. The van der Waals surface area contributed by atoms with Gasteiger partial charge in [-0.3, -0.25) is 9.59 Å². The lowest BCUT2D eigenvalue weighted by molar-refractivity contribution is -0.137. The monoisotopic (exact) mass is 738 g/mol. The highest BCUT2D eigenvalue weighted by molar-refractivity contribution is 6.33. The van der Waals surface area contributed by atoms with Crippen molar-refractivity contribution in [2.45, 2.75) is 75.4 Å². The van der Waals surface area contributed by atoms with E-state index in [0.29, 0.717) is 80.7 Å². The van der Waals surface area contributed by atoms with Crippen molar-refractivity contribution in [3.63, 3.8) is 0 Å². The van der Waals surface area contributed by atoms with Crippen molar-refractivity contribution in [1.29, 1.82) is 0 Å². The van der Waals surface area contributed by atoms with E-state index in [2.05, 4.69) is 19.9 Å². The van der Waals surface area contributed by atoms with Crippen LogP contribution in [0.5, 0.6) is 5.75 Å². The van der Waals surface area contributed by atoms with Crippen molar-refractivity contribution in [2.24, 2.45) is 5.92 Å². The van der Waals surface area contributed by atoms with Crippen LogP contribution in [0.2, 0.25) is 5.02 Å². The fourth-order valence-corrected chi connectivity index (χ4v) is 8.94. The Hall–Kier alpha value is -4.54. The summed E-state index contributed by atoms with van der Waals surface area (Å²) in [5.41, 5.74) is 1.56. The molecule has 4 aromatic rings. The van der Waals surface area contributed by atoms with Crippen LogP contribution in [0, 0.1) is 12.8 Å². The van der Waals surface area contributed by atoms with Gasteiger partial charge in [0.1, 0.15) is 12.4 Å². The molecular formula is C35H34ClF3N8O5. The van der Waals surface area contributed by atoms with Gasteiger partial charge in [0.2, 0.25) is 5.78 Å². The van der Waals surface area contributed by atoms with Gasteiger partial charge in [0.25, 0.3) is 11.5 Å². The van der Waals surface area contributed by atoms with Gasteiger partial charge in [-0.25, -0.2) is 9.97 Å². The second-order valence-corrected chi connectivity index (χ2v) is 14.6. The molecule has 1 amide bonds. The number of amides is 1. The largest absolute Gasteiger partial charge is 0.504 e. The van der Waals surface area contributed by atoms with E-state index in [1.54, 1.807) is 11.8 Å². The molecule has 6 heterocycles. The minimum absolute atomic E-state index is 0.0383. The summed E-state index contributed by atoms with van der Waals surface area (Å²) in [7, 11) is 0. The Bertz CT molecular complexity index is 2230. The molecule has 0 radical (unpaired) electrons. The van der Waals surface area contributed by atoms with Gasteiger partial charge in [-0.05, 0) is 68.7 Å². The van der Waals surface area contributed by atoms with Gasteiger partial charge < -0.3 is 29.4 Å². The van der Waals surface area contributed by atoms with Gasteiger partial charge in [0, 0.05) is 35.7 Å². The van der Waals surface area contributed by atoms with E-state index < -0.39 is 29.5 Å². The number of piperidine rings is 1. The third kappa shape index (κ3) is 5.20. The third-order valence-corrected chi connectivity index (χ3v) is 11.9. The molecule has 52 heavy (non-hydrogen) atoms. The molecule has 1 spiro atoms. The number of likely N-dealkylation sites (tertiary alicyclic amines) is 1. The van der Waals surface area contributed by atoms with E-state index in [9.17, 15) is 27.9 Å². The number of epoxide rings is 1. The lowest BCUT2D eigenvalue weighted by Gasteiger charge is -2.47. The summed E-state index contributed by atoms with van der Waals surface area (Å²) in [6.07, 6.45) is 1.28. The first kappa shape index (κ1) is 33.3. The summed E-state index contributed by atoms with van der Waals surface area (Å²) in [6, 6.07) is 3.14. The van der Waals surface area contributed by atoms with Gasteiger partial charge in [-0.2, -0.15) is 22.7 Å². The molecule has 272 valence electrons. The number of alkyl halides is 3. The van der Waals surface area contributed by atoms with Crippen LogP contribution in [-0.4, -0.2) is 83.7 Å². The van der Waals surface area contributed by atoms with Gasteiger partial charge in [-0.15, -0.1) is 5.10 Å². The number of rotatable bonds is 6. The van der Waals surface area contributed by atoms with Crippen molar-refractivity contribution in [1.82, 2.24) is 34.0 Å². The highest BCUT2D eigenvalue weighted by atomic mass is 35.5. The summed E-state index contributed by atoms with van der Waals surface area (Å²) in [4.78, 5) is 42.8. The average Bonchev–Trinajstić information content (AvgIpc) is 3.61. The molecule has 1 saturated carbocycles. The summed E-state index contributed by atoms with van der Waals surface area (Å²) >= 11 is 6.23. The second kappa shape index (κ2) is 12.0. The van der Waals surface area contributed by atoms with Crippen LogP contribution < -0.4 is 10.9 Å². The van der Waals surface area contributed by atoms with Crippen LogP contribution in [0.3, 0.4) is 0 Å². The number of fused-ring (bicyclic) bond motifs is 6. The molecule has 2 aliphatic carbocycles. The van der Waals surface area contributed by atoms with Crippen LogP contribution in [0.15, 0.2) is 35.4 Å². The number of halogens is 4. The fraction of sp³-hybridized carbons (Fsp3) is 0.486. The third-order valence-electron chi connectivity index (χ3n) is 11.6. The maximum Gasteiger partial charge on any atom is 0.416 e. The zero-order valence-corrected chi connectivity index (χ0v) is 28.7. The van der Waals surface area contributed by atoms with Crippen LogP contribution in [-0.2, 0) is 27.6 Å². The van der Waals surface area contributed by atoms with Crippen LogP contribution in [0.4, 0.5) is 18.9 Å². The number of carbonyl (C=O) groups excluding carboxylic acids is 1. The molecule has 2 N–H and O–H groups in total. The van der Waals surface area contributed by atoms with Crippen molar-refractivity contribution in [3.05, 3.63) is 80.0 Å². The Morgan fingerprint density at radius 3 is 2.69 bits per heavy atom. The minimum atomic E-state index is -4.52. The molecule has 2 saturated heterocycles. The first-order valence-corrected chi connectivity index (χ1v) is 17.7. The number of hydrogen-bond donors (Lipinski definition) is 2. The van der Waals surface area contributed by atoms with Crippen LogP contribution in [0.1, 0.15) is 76.8 Å². The number of aromatic nitrogens is 6. The lowest BCUT2D eigenvalue weighted by Crippen LogP contribution is -2.50. The summed E-state index contributed by atoms with van der Waals surface area (Å²) < 4.78 is 54.6. The Balaban J connectivity index is 1.07. The SMILES string of the molecule is Cc1ncnc(C(=O)N2CCC3(CC2)c2c(n(CC4OC4Nc4ccc(C(F)(F)F)cc4Cl)c4nc(C5=CCOCC5)nn4c2=O)C2CCC23)c1O. The number of nitrogens with one attached hydrogen (secondary N) is 1. The first-order chi connectivity index (χ1) is 24.9. The fourth-order valence-electron chi connectivity index (χ4n) is 8.70. The van der Waals surface area contributed by atoms with E-state index in [1.165, 1.54) is 16.9 Å². The minimum Gasteiger partial charge on any atom is -0.504 e. The Morgan fingerprint density at radius 2 is 2.00 bits per heavy atom. The molecule has 5 aliphatic rings. The van der Waals surface area contributed by atoms with Crippen LogP contribution >= 0.6 is 11.6 Å². The highest BCUT2D eigenvalue weighted by Crippen LogP contribution is 2.63. The number of aryl methyl sites for hydroxylation is 1. The molecule has 9 rings (SSSR count). The zero-order chi connectivity index (χ0) is 36.1. The predicted molar refractivity (Wildman–Crippen MR) is 180 cm³/mol. The van der Waals surface area contributed by atoms with Gasteiger partial charge in [0.15, 0.2) is 23.5 Å². The van der Waals surface area contributed by atoms with Crippen molar-refractivity contribution in [2.75, 3.05) is 31.6 Å². The standard InChI is InChI=1S/C35H34ClF3N8O5/c1-17-28(48)26(41-16-40-17)32(50)45-10-8-34(9-11-45)21-4-3-20(21)27-25(34)31(49)47-33(43-29(44-47)18-6-12-51-13-7-18)46(27)15-24-30(52-24)42-23-5-2-19(14-22(23)36)35(37,38)39/h2,5-6,14,16,20-21,24,30,42,48H,3-4,7-13,15H2,1H3. The second-order valence-electron chi connectivity index (χ2n) is 14.2. The van der Waals surface area contributed by atoms with E-state index in [0.717, 1.165) is 36.2 Å². The molecule has 3 fully saturated rings. The smallest absolute Gasteiger partial charge is 0.416 e. The number of aromatic hydroxyl groups is 1. The summed E-state index contributed by atoms with van der Waals surface area (Å²) in [6.45, 7) is 3.63. The van der Waals surface area contributed by atoms with Gasteiger partial charge in [-0.1, -0.05) is 17.7 Å². The maximum atomic E-state index is 14.7. The van der Waals surface area contributed by atoms with Gasteiger partial charge >= 0.3 is 6.18 Å². The molecule has 3 aliphatic heterocycles. The van der Waals surface area contributed by atoms with Crippen molar-refractivity contribution < 1.29 is 32.5 Å². The molecule has 3 aromatic heterocycles. The number of nitrogens with zero attached hydrogens (tertiary/aromatic N) is 7. The topological polar surface area (TPSA) is 152 Å². The lowest BCUT2D eigenvalue weighted by atomic mass is 9.60. The van der Waals surface area contributed by atoms with E-state index in [4.69, 9.17) is 31.2 Å². The van der Waals surface area contributed by atoms with Crippen molar-refractivity contribution >= 4 is 34.5 Å². The average molecular weight is 739 g/mol. The molecule has 4 atom stereocenters. The van der Waals surface area contributed by atoms with Crippen molar-refractivity contribution in [3.8, 4) is 5.75 Å². The van der Waals surface area contributed by atoms with E-state index >= 15 is 0 Å². The number of ether oxygens (including phenoxy) is 2. The molecule has 17 heteroatoms. The van der Waals surface area contributed by atoms with E-state index in [1.807, 2.05) is 6.08 Å². The number of benzene rings is 1. The number of hydrogen-bond acceptors (Lipinski definition) is 10. The summed E-state index contributed by atoms with van der Waals surface area (Å²) in [5, 5.41) is 18.3. The summed E-state index contributed by atoms with van der Waals surface area (Å²) in [5.74, 6) is 0.537. The predicted octanol–water partition coefficient (Wildman–Crippen LogP) is 4.69. The highest BCUT2D eigenvalue weighted by Gasteiger charge is 2.60. The Morgan fingerprint density at radius 1 is 1.19 bits per heavy atom. The number of anilines is 1. The number of carbonyl (C=O) groups is 1. The maximum absolute atomic E-state index is 14.7. The molecule has 0 bridgehead atoms. The Labute approximate surface area is 299 Å². The quantitative estimate of drug-likeness (QED) is 0.267. The molecule has 13 nitrogen and oxygen atoms in total. The Kier molecular flexibility index (Phi) is 7.68. The van der Waals surface area contributed by atoms with E-state index in [-0.39, 0.29) is 39.8 Å². The first-order valence-electron chi connectivity index (χ1n) is 17.3. The molecule has 1 aromatic carbocycles. The molecular weight excluding hydrogens is 705 g/mol. The molecule has 4 unspecified atom stereocenters.